The van der Waals surface area contributed by atoms with Crippen molar-refractivity contribution in [2.45, 2.75) is 17.6 Å². The molecule has 0 saturated heterocycles. The molecule has 1 aromatic heterocycles. The smallest absolute Gasteiger partial charge is 0.365 e. The Morgan fingerprint density at radius 3 is 2.78 bits per heavy atom. The Bertz CT molecular complexity index is 607. The van der Waals surface area contributed by atoms with Gasteiger partial charge in [0.15, 0.2) is 0 Å². The summed E-state index contributed by atoms with van der Waals surface area (Å²) in [6.45, 7) is 1.90. The summed E-state index contributed by atoms with van der Waals surface area (Å²) in [6, 6.07) is 7.44. The summed E-state index contributed by atoms with van der Waals surface area (Å²) in [4.78, 5) is 15.4. The molecular formula is C12H11NO3S2. The van der Waals surface area contributed by atoms with Gasteiger partial charge in [0.05, 0.1) is 22.2 Å². The van der Waals surface area contributed by atoms with E-state index in [2.05, 4.69) is 4.98 Å². The highest BCUT2D eigenvalue weighted by Crippen LogP contribution is 2.17. The van der Waals surface area contributed by atoms with Crippen LogP contribution >= 0.6 is 11.3 Å². The number of hydrogen-bond donors (Lipinski definition) is 1. The molecule has 1 heterocycles. The van der Waals surface area contributed by atoms with Gasteiger partial charge in [-0.1, -0.05) is 18.2 Å². The van der Waals surface area contributed by atoms with Gasteiger partial charge < -0.3 is 5.11 Å². The summed E-state index contributed by atoms with van der Waals surface area (Å²) in [5.74, 6) is -0.804. The summed E-state index contributed by atoms with van der Waals surface area (Å²) in [7, 11) is -1.19. The largest absolute Gasteiger partial charge is 0.476 e. The highest BCUT2D eigenvalue weighted by Gasteiger charge is 2.13. The first-order valence-corrected chi connectivity index (χ1v) is 7.39. The molecule has 0 spiro atoms. The third-order valence-corrected chi connectivity index (χ3v) is 4.74. The van der Waals surface area contributed by atoms with Crippen molar-refractivity contribution in [3.8, 4) is 0 Å². The first-order chi connectivity index (χ1) is 8.58. The van der Waals surface area contributed by atoms with Crippen molar-refractivity contribution >= 4 is 28.1 Å². The molecule has 0 saturated carbocycles. The highest BCUT2D eigenvalue weighted by atomic mass is 32.2. The summed E-state index contributed by atoms with van der Waals surface area (Å²) < 4.78 is 12.1. The number of aromatic carboxylic acids is 1. The molecule has 0 aliphatic heterocycles. The maximum atomic E-state index is 12.1. The molecule has 1 aromatic carbocycles. The molecule has 2 rings (SSSR count). The zero-order valence-electron chi connectivity index (χ0n) is 9.62. The molecule has 0 aliphatic carbocycles. The number of carboxylic acid groups (broad SMARTS) is 1. The molecule has 18 heavy (non-hydrogen) atoms. The molecule has 0 radical (unpaired) electrons. The van der Waals surface area contributed by atoms with Crippen LogP contribution in [0.5, 0.6) is 0 Å². The number of rotatable bonds is 4. The van der Waals surface area contributed by atoms with Gasteiger partial charge in [0, 0.05) is 10.3 Å². The molecule has 0 amide bonds. The zero-order chi connectivity index (χ0) is 13.1. The Balaban J connectivity index is 2.16. The molecular weight excluding hydrogens is 270 g/mol. The molecule has 2 aromatic rings. The lowest BCUT2D eigenvalue weighted by atomic mass is 10.2. The fourth-order valence-electron chi connectivity index (χ4n) is 1.50. The summed E-state index contributed by atoms with van der Waals surface area (Å²) in [6.07, 6.45) is 0. The van der Waals surface area contributed by atoms with Crippen LogP contribution in [0.3, 0.4) is 0 Å². The van der Waals surface area contributed by atoms with Crippen molar-refractivity contribution in [2.75, 3.05) is 0 Å². The van der Waals surface area contributed by atoms with Crippen molar-refractivity contribution in [3.05, 3.63) is 45.9 Å². The number of carboxylic acids is 1. The normalized spacial score (nSPS) is 12.3. The summed E-state index contributed by atoms with van der Waals surface area (Å²) in [5, 5.41) is 10.4. The zero-order valence-corrected chi connectivity index (χ0v) is 11.3. The average Bonchev–Trinajstić information content (AvgIpc) is 2.78. The van der Waals surface area contributed by atoms with Crippen molar-refractivity contribution < 1.29 is 14.1 Å². The second kappa shape index (κ2) is 5.41. The van der Waals surface area contributed by atoms with Crippen LogP contribution in [-0.2, 0) is 16.6 Å². The summed E-state index contributed by atoms with van der Waals surface area (Å²) >= 11 is 1.05. The van der Waals surface area contributed by atoms with Crippen LogP contribution in [0.25, 0.3) is 0 Å². The van der Waals surface area contributed by atoms with Crippen LogP contribution in [-0.4, -0.2) is 20.3 Å². The lowest BCUT2D eigenvalue weighted by Crippen LogP contribution is -2.00. The minimum atomic E-state index is -1.19. The van der Waals surface area contributed by atoms with Gasteiger partial charge in [0.25, 0.3) is 0 Å². The number of thiazole rings is 1. The molecule has 4 nitrogen and oxygen atoms in total. The maximum Gasteiger partial charge on any atom is 0.365 e. The predicted molar refractivity (Wildman–Crippen MR) is 70.4 cm³/mol. The van der Waals surface area contributed by atoms with E-state index in [1.165, 1.54) is 0 Å². The van der Waals surface area contributed by atoms with Gasteiger partial charge in [0.2, 0.25) is 5.01 Å². The minimum absolute atomic E-state index is 0.0341. The van der Waals surface area contributed by atoms with Gasteiger partial charge in [-0.05, 0) is 18.6 Å². The Labute approximate surface area is 111 Å². The quantitative estimate of drug-likeness (QED) is 0.934. The van der Waals surface area contributed by atoms with Gasteiger partial charge in [-0.3, -0.25) is 4.21 Å². The third kappa shape index (κ3) is 2.83. The second-order valence-electron chi connectivity index (χ2n) is 3.70. The average molecular weight is 281 g/mol. The lowest BCUT2D eigenvalue weighted by Gasteiger charge is -2.03. The SMILES string of the molecule is Cc1ccccc1S(=O)Cc1csc(C(=O)O)n1. The Morgan fingerprint density at radius 1 is 1.44 bits per heavy atom. The Hall–Kier alpha value is -1.53. The van der Waals surface area contributed by atoms with E-state index in [1.807, 2.05) is 31.2 Å². The third-order valence-electron chi connectivity index (χ3n) is 2.35. The van der Waals surface area contributed by atoms with E-state index in [0.717, 1.165) is 21.8 Å². The maximum absolute atomic E-state index is 12.1. The van der Waals surface area contributed by atoms with Gasteiger partial charge in [0.1, 0.15) is 0 Å². The number of benzene rings is 1. The van der Waals surface area contributed by atoms with E-state index in [-0.39, 0.29) is 10.8 Å². The molecule has 94 valence electrons. The van der Waals surface area contributed by atoms with E-state index in [0.29, 0.717) is 5.69 Å². The predicted octanol–water partition coefficient (Wildman–Crippen LogP) is 2.46. The van der Waals surface area contributed by atoms with E-state index in [9.17, 15) is 9.00 Å². The first-order valence-electron chi connectivity index (χ1n) is 5.19. The number of hydrogen-bond acceptors (Lipinski definition) is 4. The topological polar surface area (TPSA) is 67.3 Å². The minimum Gasteiger partial charge on any atom is -0.476 e. The van der Waals surface area contributed by atoms with Crippen LogP contribution in [0.15, 0.2) is 34.5 Å². The number of nitrogens with zero attached hydrogens (tertiary/aromatic N) is 1. The van der Waals surface area contributed by atoms with Crippen LogP contribution < -0.4 is 0 Å². The summed E-state index contributed by atoms with van der Waals surface area (Å²) in [5.41, 5.74) is 1.52. The van der Waals surface area contributed by atoms with E-state index < -0.39 is 16.8 Å². The van der Waals surface area contributed by atoms with Gasteiger partial charge >= 0.3 is 5.97 Å². The van der Waals surface area contributed by atoms with Crippen molar-refractivity contribution in [3.63, 3.8) is 0 Å². The number of aryl methyl sites for hydroxylation is 1. The molecule has 1 atom stereocenters. The van der Waals surface area contributed by atoms with Crippen LogP contribution in [0, 0.1) is 6.92 Å². The molecule has 1 unspecified atom stereocenters. The molecule has 0 aliphatic rings. The molecule has 0 fully saturated rings. The Morgan fingerprint density at radius 2 is 2.17 bits per heavy atom. The van der Waals surface area contributed by atoms with Crippen LogP contribution in [0.2, 0.25) is 0 Å². The second-order valence-corrected chi connectivity index (χ2v) is 5.98. The fraction of sp³-hybridized carbons (Fsp3) is 0.167. The molecule has 0 bridgehead atoms. The number of aromatic nitrogens is 1. The Kier molecular flexibility index (Phi) is 3.88. The van der Waals surface area contributed by atoms with Crippen LogP contribution in [0.1, 0.15) is 21.1 Å². The van der Waals surface area contributed by atoms with Gasteiger partial charge in [-0.2, -0.15) is 0 Å². The van der Waals surface area contributed by atoms with E-state index in [1.54, 1.807) is 5.38 Å². The van der Waals surface area contributed by atoms with E-state index >= 15 is 0 Å². The van der Waals surface area contributed by atoms with Crippen molar-refractivity contribution in [1.29, 1.82) is 0 Å². The lowest BCUT2D eigenvalue weighted by molar-refractivity contribution is 0.0696. The van der Waals surface area contributed by atoms with E-state index in [4.69, 9.17) is 5.11 Å². The monoisotopic (exact) mass is 281 g/mol. The van der Waals surface area contributed by atoms with Gasteiger partial charge in [-0.15, -0.1) is 11.3 Å². The first kappa shape index (κ1) is 12.9. The van der Waals surface area contributed by atoms with Crippen molar-refractivity contribution in [1.82, 2.24) is 4.98 Å². The molecule has 1 N–H and O–H groups in total. The van der Waals surface area contributed by atoms with Crippen molar-refractivity contribution in [2.24, 2.45) is 0 Å². The molecule has 6 heteroatoms. The highest BCUT2D eigenvalue weighted by molar-refractivity contribution is 7.84. The number of carbonyl (C=O) groups is 1. The fourth-order valence-corrected chi connectivity index (χ4v) is 3.48. The van der Waals surface area contributed by atoms with Gasteiger partial charge in [-0.25, -0.2) is 9.78 Å². The van der Waals surface area contributed by atoms with Crippen LogP contribution in [0.4, 0.5) is 0 Å². The standard InChI is InChI=1S/C12H11NO3S2/c1-8-4-2-3-5-10(8)18(16)7-9-6-17-11(13-9)12(14)15/h2-6H,7H2,1H3,(H,14,15).